The van der Waals surface area contributed by atoms with E-state index in [0.29, 0.717) is 5.92 Å². The predicted octanol–water partition coefficient (Wildman–Crippen LogP) is 1.10. The van der Waals surface area contributed by atoms with Gasteiger partial charge in [0.25, 0.3) is 0 Å². The van der Waals surface area contributed by atoms with E-state index in [9.17, 15) is 0 Å². The minimum atomic E-state index is -0.267. The first kappa shape index (κ1) is 14.9. The molecule has 0 radical (unpaired) electrons. The second-order valence-corrected chi connectivity index (χ2v) is 5.72. The van der Waals surface area contributed by atoms with E-state index < -0.39 is 0 Å². The van der Waals surface area contributed by atoms with Crippen LogP contribution in [-0.4, -0.2) is 57.0 Å². The fourth-order valence-electron chi connectivity index (χ4n) is 2.17. The van der Waals surface area contributed by atoms with Gasteiger partial charge in [0, 0.05) is 32.8 Å². The van der Waals surface area contributed by atoms with Gasteiger partial charge in [0.15, 0.2) is 0 Å². The van der Waals surface area contributed by atoms with Crippen molar-refractivity contribution in [1.82, 2.24) is 4.90 Å². The lowest BCUT2D eigenvalue weighted by molar-refractivity contribution is -0.0110. The Balaban J connectivity index is 2.30. The van der Waals surface area contributed by atoms with Crippen LogP contribution in [0.3, 0.4) is 0 Å². The quantitative estimate of drug-likeness (QED) is 0.760. The average Bonchev–Trinajstić information content (AvgIpc) is 2.30. The third-order valence-corrected chi connectivity index (χ3v) is 3.75. The number of hydrogen-bond donors (Lipinski definition) is 1. The van der Waals surface area contributed by atoms with Crippen LogP contribution in [0.15, 0.2) is 0 Å². The lowest BCUT2D eigenvalue weighted by atomic mass is 9.97. The highest BCUT2D eigenvalue weighted by molar-refractivity contribution is 4.85. The molecule has 2 atom stereocenters. The van der Waals surface area contributed by atoms with Gasteiger partial charge in [-0.3, -0.25) is 0 Å². The molecule has 0 aliphatic carbocycles. The second-order valence-electron chi connectivity index (χ2n) is 5.72. The molecule has 1 fully saturated rings. The molecule has 4 nitrogen and oxygen atoms in total. The van der Waals surface area contributed by atoms with E-state index in [0.717, 1.165) is 26.3 Å². The number of nitrogens with two attached hydrogens (primary N) is 1. The van der Waals surface area contributed by atoms with Gasteiger partial charge in [-0.05, 0) is 39.7 Å². The van der Waals surface area contributed by atoms with Gasteiger partial charge in [0.2, 0.25) is 0 Å². The SMILES string of the molecule is COC(C)(C)C(N)CN(C)CC1CCCOC1. The summed E-state index contributed by atoms with van der Waals surface area (Å²) < 4.78 is 10.9. The summed E-state index contributed by atoms with van der Waals surface area (Å²) in [6.07, 6.45) is 2.46. The first-order chi connectivity index (χ1) is 7.95. The molecule has 1 rings (SSSR count). The molecule has 1 aliphatic heterocycles. The number of methoxy groups -OCH3 is 1. The summed E-state index contributed by atoms with van der Waals surface area (Å²) in [6, 6.07) is 0.0296. The van der Waals surface area contributed by atoms with E-state index in [-0.39, 0.29) is 11.6 Å². The van der Waals surface area contributed by atoms with Gasteiger partial charge in [-0.15, -0.1) is 0 Å². The van der Waals surface area contributed by atoms with E-state index in [2.05, 4.69) is 11.9 Å². The maximum atomic E-state index is 6.17. The number of nitrogens with zero attached hydrogens (tertiary/aromatic N) is 1. The Hall–Kier alpha value is -0.160. The minimum Gasteiger partial charge on any atom is -0.381 e. The first-order valence-electron chi connectivity index (χ1n) is 6.52. The predicted molar refractivity (Wildman–Crippen MR) is 70.1 cm³/mol. The van der Waals surface area contributed by atoms with E-state index in [1.165, 1.54) is 12.8 Å². The van der Waals surface area contributed by atoms with Crippen LogP contribution >= 0.6 is 0 Å². The van der Waals surface area contributed by atoms with Crippen molar-refractivity contribution in [3.63, 3.8) is 0 Å². The molecule has 0 aromatic heterocycles. The van der Waals surface area contributed by atoms with Gasteiger partial charge < -0.3 is 20.1 Å². The lowest BCUT2D eigenvalue weighted by Gasteiger charge is -2.34. The standard InChI is InChI=1S/C13H28N2O2/c1-13(2,16-4)12(14)9-15(3)8-11-6-5-7-17-10-11/h11-12H,5-10,14H2,1-4H3. The van der Waals surface area contributed by atoms with Crippen LogP contribution < -0.4 is 5.73 Å². The van der Waals surface area contributed by atoms with Crippen LogP contribution in [0.5, 0.6) is 0 Å². The van der Waals surface area contributed by atoms with Crippen molar-refractivity contribution >= 4 is 0 Å². The van der Waals surface area contributed by atoms with E-state index in [1.54, 1.807) is 7.11 Å². The zero-order valence-electron chi connectivity index (χ0n) is 11.7. The highest BCUT2D eigenvalue weighted by Gasteiger charge is 2.27. The third-order valence-electron chi connectivity index (χ3n) is 3.75. The van der Waals surface area contributed by atoms with Crippen LogP contribution in [0, 0.1) is 5.92 Å². The molecule has 0 bridgehead atoms. The number of ether oxygens (including phenoxy) is 2. The summed E-state index contributed by atoms with van der Waals surface area (Å²) in [4.78, 5) is 2.30. The summed E-state index contributed by atoms with van der Waals surface area (Å²) in [7, 11) is 3.84. The molecule has 1 saturated heterocycles. The molecule has 2 N–H and O–H groups in total. The molecular weight excluding hydrogens is 216 g/mol. The Bertz CT molecular complexity index is 215. The summed E-state index contributed by atoms with van der Waals surface area (Å²) in [5.41, 5.74) is 5.90. The number of likely N-dealkylation sites (N-methyl/N-ethyl adjacent to an activating group) is 1. The van der Waals surface area contributed by atoms with Crippen molar-refractivity contribution in [2.75, 3.05) is 40.5 Å². The summed E-state index contributed by atoms with van der Waals surface area (Å²) in [5, 5.41) is 0. The van der Waals surface area contributed by atoms with E-state index in [1.807, 2.05) is 13.8 Å². The van der Waals surface area contributed by atoms with Crippen molar-refractivity contribution in [2.24, 2.45) is 11.7 Å². The fraction of sp³-hybridized carbons (Fsp3) is 1.00. The molecule has 0 aromatic carbocycles. The van der Waals surface area contributed by atoms with Crippen LogP contribution in [-0.2, 0) is 9.47 Å². The Kier molecular flexibility index (Phi) is 5.86. The van der Waals surface area contributed by atoms with Crippen LogP contribution in [0.4, 0.5) is 0 Å². The van der Waals surface area contributed by atoms with Gasteiger partial charge in [0.05, 0.1) is 12.2 Å². The molecule has 102 valence electrons. The maximum absolute atomic E-state index is 6.17. The Labute approximate surface area is 105 Å². The summed E-state index contributed by atoms with van der Waals surface area (Å²) in [6.45, 7) is 7.82. The van der Waals surface area contributed by atoms with E-state index in [4.69, 9.17) is 15.2 Å². The number of rotatable bonds is 6. The minimum absolute atomic E-state index is 0.0296. The molecule has 1 aliphatic rings. The molecular formula is C13H28N2O2. The molecule has 2 unspecified atom stereocenters. The molecule has 4 heteroatoms. The number of hydrogen-bond acceptors (Lipinski definition) is 4. The molecule has 0 amide bonds. The van der Waals surface area contributed by atoms with Crippen LogP contribution in [0.25, 0.3) is 0 Å². The smallest absolute Gasteiger partial charge is 0.0785 e. The normalized spacial score (nSPS) is 24.0. The molecule has 0 saturated carbocycles. The largest absolute Gasteiger partial charge is 0.381 e. The van der Waals surface area contributed by atoms with Gasteiger partial charge >= 0.3 is 0 Å². The fourth-order valence-corrected chi connectivity index (χ4v) is 2.17. The first-order valence-corrected chi connectivity index (χ1v) is 6.52. The average molecular weight is 244 g/mol. The third kappa shape index (κ3) is 4.92. The lowest BCUT2D eigenvalue weighted by Crippen LogP contribution is -2.51. The topological polar surface area (TPSA) is 47.7 Å². The van der Waals surface area contributed by atoms with Crippen molar-refractivity contribution in [3.05, 3.63) is 0 Å². The Morgan fingerprint density at radius 1 is 1.53 bits per heavy atom. The molecule has 17 heavy (non-hydrogen) atoms. The highest BCUT2D eigenvalue weighted by Crippen LogP contribution is 2.16. The molecule has 1 heterocycles. The van der Waals surface area contributed by atoms with Gasteiger partial charge in [-0.2, -0.15) is 0 Å². The van der Waals surface area contributed by atoms with Gasteiger partial charge in [0.1, 0.15) is 0 Å². The Morgan fingerprint density at radius 3 is 2.76 bits per heavy atom. The van der Waals surface area contributed by atoms with Gasteiger partial charge in [-0.1, -0.05) is 0 Å². The summed E-state index contributed by atoms with van der Waals surface area (Å²) in [5.74, 6) is 0.659. The second kappa shape index (κ2) is 6.69. The zero-order chi connectivity index (χ0) is 12.9. The van der Waals surface area contributed by atoms with Crippen LogP contribution in [0.2, 0.25) is 0 Å². The van der Waals surface area contributed by atoms with Crippen molar-refractivity contribution in [1.29, 1.82) is 0 Å². The highest BCUT2D eigenvalue weighted by atomic mass is 16.5. The Morgan fingerprint density at radius 2 is 2.24 bits per heavy atom. The van der Waals surface area contributed by atoms with Crippen molar-refractivity contribution in [2.45, 2.75) is 38.3 Å². The van der Waals surface area contributed by atoms with Crippen molar-refractivity contribution in [3.8, 4) is 0 Å². The van der Waals surface area contributed by atoms with Gasteiger partial charge in [-0.25, -0.2) is 0 Å². The monoisotopic (exact) mass is 244 g/mol. The maximum Gasteiger partial charge on any atom is 0.0785 e. The van der Waals surface area contributed by atoms with Crippen molar-refractivity contribution < 1.29 is 9.47 Å². The zero-order valence-corrected chi connectivity index (χ0v) is 11.7. The molecule has 0 spiro atoms. The molecule has 0 aromatic rings. The van der Waals surface area contributed by atoms with E-state index >= 15 is 0 Å². The van der Waals surface area contributed by atoms with Crippen LogP contribution in [0.1, 0.15) is 26.7 Å². The summed E-state index contributed by atoms with van der Waals surface area (Å²) >= 11 is 0.